The molecule has 0 aromatic carbocycles. The summed E-state index contributed by atoms with van der Waals surface area (Å²) in [6, 6.07) is 1.32. The number of fused-ring (bicyclic) bond motifs is 1. The van der Waals surface area contributed by atoms with Gasteiger partial charge >= 0.3 is 0 Å². The Morgan fingerprint density at radius 2 is 2.24 bits per heavy atom. The van der Waals surface area contributed by atoms with E-state index in [1.165, 1.54) is 30.9 Å². The van der Waals surface area contributed by atoms with Gasteiger partial charge in [-0.3, -0.25) is 4.90 Å². The summed E-state index contributed by atoms with van der Waals surface area (Å²) in [5.41, 5.74) is 7.02. The van der Waals surface area contributed by atoms with Crippen molar-refractivity contribution in [1.29, 1.82) is 0 Å². The smallest absolute Gasteiger partial charge is 0.142 e. The Labute approximate surface area is 107 Å². The second kappa shape index (κ2) is 4.14. The second-order valence-electron chi connectivity index (χ2n) is 5.29. The van der Waals surface area contributed by atoms with E-state index >= 15 is 0 Å². The Kier molecular flexibility index (Phi) is 2.75. The molecular weight excluding hydrogens is 232 g/mol. The van der Waals surface area contributed by atoms with Crippen molar-refractivity contribution in [3.63, 3.8) is 0 Å². The summed E-state index contributed by atoms with van der Waals surface area (Å²) >= 11 is 1.55. The molecule has 94 valence electrons. The summed E-state index contributed by atoms with van der Waals surface area (Å²) in [5.74, 6) is 0.700. The van der Waals surface area contributed by atoms with Gasteiger partial charge in [0.25, 0.3) is 0 Å². The summed E-state index contributed by atoms with van der Waals surface area (Å²) in [4.78, 5) is 5.15. The van der Waals surface area contributed by atoms with E-state index in [0.717, 1.165) is 18.2 Å². The molecule has 2 fully saturated rings. The fourth-order valence-electron chi connectivity index (χ4n) is 3.08. The van der Waals surface area contributed by atoms with Crippen LogP contribution >= 0.6 is 11.5 Å². The van der Waals surface area contributed by atoms with E-state index in [4.69, 9.17) is 5.73 Å². The molecule has 1 aromatic rings. The number of hydrogen-bond acceptors (Lipinski definition) is 5. The highest BCUT2D eigenvalue weighted by Gasteiger charge is 2.35. The maximum Gasteiger partial charge on any atom is 0.142 e. The van der Waals surface area contributed by atoms with E-state index in [9.17, 15) is 0 Å². The lowest BCUT2D eigenvalue weighted by Gasteiger charge is -2.43. The quantitative estimate of drug-likeness (QED) is 0.826. The third-order valence-corrected chi connectivity index (χ3v) is 5.14. The first-order valence-electron chi connectivity index (χ1n) is 6.39. The lowest BCUT2D eigenvalue weighted by molar-refractivity contribution is 0.203. The molecular formula is C12H20N4S. The first kappa shape index (κ1) is 11.3. The van der Waals surface area contributed by atoms with Gasteiger partial charge in [-0.1, -0.05) is 0 Å². The van der Waals surface area contributed by atoms with Crippen molar-refractivity contribution >= 4 is 22.4 Å². The standard InChI is InChI=1S/C12H20N4S/c1-8-6-15-5-3-4-10(15)7-16(8)12-9(2)11(13)14-17-12/h8,10H,3-7H2,1-2H3,(H2,13,14). The third kappa shape index (κ3) is 1.81. The van der Waals surface area contributed by atoms with Crippen LogP contribution in [0.4, 0.5) is 10.8 Å². The van der Waals surface area contributed by atoms with Gasteiger partial charge in [-0.15, -0.1) is 0 Å². The number of nitrogens with two attached hydrogens (primary N) is 1. The molecule has 0 bridgehead atoms. The largest absolute Gasteiger partial charge is 0.383 e. The second-order valence-corrected chi connectivity index (χ2v) is 6.04. The van der Waals surface area contributed by atoms with Gasteiger partial charge in [0.1, 0.15) is 10.8 Å². The minimum atomic E-state index is 0.572. The van der Waals surface area contributed by atoms with Crippen LogP contribution in [0.3, 0.4) is 0 Å². The fourth-order valence-corrected chi connectivity index (χ4v) is 4.00. The van der Waals surface area contributed by atoms with Crippen LogP contribution in [0.15, 0.2) is 0 Å². The fraction of sp³-hybridized carbons (Fsp3) is 0.750. The summed E-state index contributed by atoms with van der Waals surface area (Å²) < 4.78 is 4.28. The van der Waals surface area contributed by atoms with Crippen LogP contribution in [-0.2, 0) is 0 Å². The summed E-state index contributed by atoms with van der Waals surface area (Å²) in [6.07, 6.45) is 2.70. The molecule has 0 radical (unpaired) electrons. The molecule has 2 N–H and O–H groups in total. The molecule has 1 aromatic heterocycles. The molecule has 0 saturated carbocycles. The van der Waals surface area contributed by atoms with E-state index in [1.807, 2.05) is 0 Å². The summed E-state index contributed by atoms with van der Waals surface area (Å²) in [6.45, 7) is 8.00. The molecule has 5 heteroatoms. The Morgan fingerprint density at radius 1 is 1.41 bits per heavy atom. The van der Waals surface area contributed by atoms with Crippen molar-refractivity contribution in [2.24, 2.45) is 0 Å². The van der Waals surface area contributed by atoms with E-state index in [-0.39, 0.29) is 0 Å². The van der Waals surface area contributed by atoms with Crippen molar-refractivity contribution in [2.45, 2.75) is 38.8 Å². The maximum atomic E-state index is 5.86. The van der Waals surface area contributed by atoms with Crippen LogP contribution in [0.1, 0.15) is 25.3 Å². The molecule has 0 amide bonds. The first-order valence-corrected chi connectivity index (χ1v) is 7.16. The normalized spacial score (nSPS) is 29.6. The molecule has 2 aliphatic rings. The van der Waals surface area contributed by atoms with Crippen LogP contribution in [-0.4, -0.2) is 41.0 Å². The van der Waals surface area contributed by atoms with Gasteiger partial charge in [0, 0.05) is 30.7 Å². The van der Waals surface area contributed by atoms with Gasteiger partial charge in [0.2, 0.25) is 0 Å². The highest BCUT2D eigenvalue weighted by molar-refractivity contribution is 7.10. The number of rotatable bonds is 1. The van der Waals surface area contributed by atoms with E-state index < -0.39 is 0 Å². The predicted octanol–water partition coefficient (Wildman–Crippen LogP) is 1.71. The molecule has 4 nitrogen and oxygen atoms in total. The molecule has 2 unspecified atom stereocenters. The lowest BCUT2D eigenvalue weighted by Crippen LogP contribution is -2.55. The van der Waals surface area contributed by atoms with Gasteiger partial charge in [0.15, 0.2) is 0 Å². The van der Waals surface area contributed by atoms with Crippen molar-refractivity contribution < 1.29 is 0 Å². The lowest BCUT2D eigenvalue weighted by atomic mass is 10.1. The van der Waals surface area contributed by atoms with Crippen LogP contribution in [0.5, 0.6) is 0 Å². The highest BCUT2D eigenvalue weighted by Crippen LogP contribution is 2.35. The van der Waals surface area contributed by atoms with Crippen LogP contribution in [0.25, 0.3) is 0 Å². The predicted molar refractivity (Wildman–Crippen MR) is 72.7 cm³/mol. The molecule has 17 heavy (non-hydrogen) atoms. The summed E-state index contributed by atoms with van der Waals surface area (Å²) in [7, 11) is 0. The van der Waals surface area contributed by atoms with Crippen molar-refractivity contribution in [3.05, 3.63) is 5.56 Å². The first-order chi connectivity index (χ1) is 8.16. The molecule has 0 aliphatic carbocycles. The number of aromatic nitrogens is 1. The van der Waals surface area contributed by atoms with Gasteiger partial charge in [0.05, 0.1) is 0 Å². The minimum Gasteiger partial charge on any atom is -0.383 e. The van der Waals surface area contributed by atoms with Gasteiger partial charge in [-0.25, -0.2) is 0 Å². The zero-order valence-electron chi connectivity index (χ0n) is 10.5. The number of nitrogen functional groups attached to an aromatic ring is 1. The average molecular weight is 252 g/mol. The number of hydrogen-bond donors (Lipinski definition) is 1. The number of anilines is 2. The van der Waals surface area contributed by atoms with Crippen molar-refractivity contribution in [3.8, 4) is 0 Å². The van der Waals surface area contributed by atoms with Crippen LogP contribution < -0.4 is 10.6 Å². The molecule has 3 rings (SSSR count). The molecule has 2 aliphatic heterocycles. The maximum absolute atomic E-state index is 5.86. The third-order valence-electron chi connectivity index (χ3n) is 4.13. The topological polar surface area (TPSA) is 45.4 Å². The minimum absolute atomic E-state index is 0.572. The number of nitrogens with zero attached hydrogens (tertiary/aromatic N) is 3. The molecule has 2 saturated heterocycles. The molecule has 3 heterocycles. The average Bonchev–Trinajstić information content (AvgIpc) is 2.86. The van der Waals surface area contributed by atoms with Gasteiger partial charge in [-0.05, 0) is 44.8 Å². The van der Waals surface area contributed by atoms with Crippen LogP contribution in [0, 0.1) is 6.92 Å². The number of piperazine rings is 1. The Morgan fingerprint density at radius 3 is 2.94 bits per heavy atom. The zero-order valence-corrected chi connectivity index (χ0v) is 11.3. The zero-order chi connectivity index (χ0) is 12.0. The van der Waals surface area contributed by atoms with Gasteiger partial charge in [-0.2, -0.15) is 4.37 Å². The van der Waals surface area contributed by atoms with Crippen molar-refractivity contribution in [2.75, 3.05) is 30.3 Å². The van der Waals surface area contributed by atoms with E-state index in [1.54, 1.807) is 11.5 Å². The highest BCUT2D eigenvalue weighted by atomic mass is 32.1. The van der Waals surface area contributed by atoms with Gasteiger partial charge < -0.3 is 10.6 Å². The molecule has 2 atom stereocenters. The van der Waals surface area contributed by atoms with Crippen LogP contribution in [0.2, 0.25) is 0 Å². The Bertz CT molecular complexity index is 417. The molecule has 0 spiro atoms. The van der Waals surface area contributed by atoms with E-state index in [2.05, 4.69) is 28.0 Å². The summed E-state index contributed by atoms with van der Waals surface area (Å²) in [5, 5.41) is 1.28. The van der Waals surface area contributed by atoms with E-state index in [0.29, 0.717) is 11.9 Å². The monoisotopic (exact) mass is 252 g/mol. The SMILES string of the molecule is Cc1c(N)nsc1N1CC2CCCN2CC1C. The Balaban J connectivity index is 1.85. The Hall–Kier alpha value is -0.810. The van der Waals surface area contributed by atoms with Crippen molar-refractivity contribution in [1.82, 2.24) is 9.27 Å².